The molecule has 2 aromatic heterocycles. The Morgan fingerprint density at radius 3 is 3.21 bits per heavy atom. The predicted molar refractivity (Wildman–Crippen MR) is 50.7 cm³/mol. The van der Waals surface area contributed by atoms with E-state index in [4.69, 9.17) is 0 Å². The molecule has 2 N–H and O–H groups in total. The average molecular weight is 190 g/mol. The summed E-state index contributed by atoms with van der Waals surface area (Å²) in [4.78, 5) is 18.1. The van der Waals surface area contributed by atoms with Gasteiger partial charge in [0.15, 0.2) is 0 Å². The standard InChI is InChI=1S/C9H10N4O/c14-9(13-4-3-11-7-13)12-6-8-1-2-10-5-8/h1-5,7,10H,6H2,(H,12,14). The van der Waals surface area contributed by atoms with Gasteiger partial charge in [-0.2, -0.15) is 0 Å². The molecule has 0 fully saturated rings. The summed E-state index contributed by atoms with van der Waals surface area (Å²) in [7, 11) is 0. The highest BCUT2D eigenvalue weighted by Gasteiger charge is 2.01. The van der Waals surface area contributed by atoms with Crippen LogP contribution in [0.1, 0.15) is 5.56 Å². The van der Waals surface area contributed by atoms with E-state index >= 15 is 0 Å². The van der Waals surface area contributed by atoms with E-state index in [0.29, 0.717) is 6.54 Å². The van der Waals surface area contributed by atoms with E-state index in [9.17, 15) is 4.79 Å². The first-order valence-electron chi connectivity index (χ1n) is 4.24. The normalized spacial score (nSPS) is 10.0. The Labute approximate surface area is 80.8 Å². The van der Waals surface area contributed by atoms with E-state index < -0.39 is 0 Å². The number of nitrogens with one attached hydrogen (secondary N) is 2. The van der Waals surface area contributed by atoms with Gasteiger partial charge in [0, 0.05) is 31.3 Å². The van der Waals surface area contributed by atoms with Gasteiger partial charge in [0.1, 0.15) is 6.33 Å². The zero-order valence-corrected chi connectivity index (χ0v) is 7.47. The molecule has 0 aliphatic carbocycles. The first kappa shape index (κ1) is 8.55. The Hall–Kier alpha value is -2.04. The van der Waals surface area contributed by atoms with Crippen molar-refractivity contribution in [1.29, 1.82) is 0 Å². The first-order chi connectivity index (χ1) is 6.86. The molecule has 2 heterocycles. The van der Waals surface area contributed by atoms with Crippen LogP contribution in [0.2, 0.25) is 0 Å². The molecule has 0 saturated carbocycles. The van der Waals surface area contributed by atoms with Gasteiger partial charge >= 0.3 is 6.03 Å². The van der Waals surface area contributed by atoms with Gasteiger partial charge in [-0.05, 0) is 11.6 Å². The van der Waals surface area contributed by atoms with Crippen molar-refractivity contribution in [2.75, 3.05) is 0 Å². The Kier molecular flexibility index (Phi) is 2.31. The number of imidazole rings is 1. The minimum atomic E-state index is -0.177. The summed E-state index contributed by atoms with van der Waals surface area (Å²) < 4.78 is 1.40. The minimum absolute atomic E-state index is 0.177. The van der Waals surface area contributed by atoms with E-state index in [1.165, 1.54) is 10.9 Å². The number of carbonyl (C=O) groups excluding carboxylic acids is 1. The maximum absolute atomic E-state index is 11.4. The second-order valence-electron chi connectivity index (χ2n) is 2.85. The van der Waals surface area contributed by atoms with Gasteiger partial charge in [0.2, 0.25) is 0 Å². The summed E-state index contributed by atoms with van der Waals surface area (Å²) in [5, 5.41) is 2.75. The highest BCUT2D eigenvalue weighted by molar-refractivity contribution is 5.76. The number of H-pyrrole nitrogens is 1. The fourth-order valence-corrected chi connectivity index (χ4v) is 1.12. The predicted octanol–water partition coefficient (Wildman–Crippen LogP) is 0.969. The quantitative estimate of drug-likeness (QED) is 0.741. The number of rotatable bonds is 2. The van der Waals surface area contributed by atoms with Crippen molar-refractivity contribution in [2.45, 2.75) is 6.54 Å². The number of hydrogen-bond acceptors (Lipinski definition) is 2. The molecular weight excluding hydrogens is 180 g/mol. The zero-order chi connectivity index (χ0) is 9.80. The molecule has 14 heavy (non-hydrogen) atoms. The summed E-state index contributed by atoms with van der Waals surface area (Å²) >= 11 is 0. The lowest BCUT2D eigenvalue weighted by molar-refractivity contribution is 0.242. The van der Waals surface area contributed by atoms with Crippen LogP contribution in [-0.2, 0) is 6.54 Å². The van der Waals surface area contributed by atoms with E-state index in [2.05, 4.69) is 15.3 Å². The number of hydrogen-bond donors (Lipinski definition) is 2. The summed E-state index contributed by atoms with van der Waals surface area (Å²) in [6.07, 6.45) is 8.29. The van der Waals surface area contributed by atoms with Crippen molar-refractivity contribution in [3.63, 3.8) is 0 Å². The van der Waals surface area contributed by atoms with Crippen molar-refractivity contribution >= 4 is 6.03 Å². The molecule has 0 aromatic carbocycles. The summed E-state index contributed by atoms with van der Waals surface area (Å²) in [5.41, 5.74) is 1.04. The molecule has 5 nitrogen and oxygen atoms in total. The van der Waals surface area contributed by atoms with Crippen LogP contribution < -0.4 is 5.32 Å². The summed E-state index contributed by atoms with van der Waals surface area (Å²) in [5.74, 6) is 0. The van der Waals surface area contributed by atoms with Gasteiger partial charge in [-0.3, -0.25) is 4.57 Å². The molecule has 0 saturated heterocycles. The van der Waals surface area contributed by atoms with Crippen LogP contribution in [0.5, 0.6) is 0 Å². The Balaban J connectivity index is 1.90. The first-order valence-corrected chi connectivity index (χ1v) is 4.24. The average Bonchev–Trinajstić information content (AvgIpc) is 2.87. The van der Waals surface area contributed by atoms with Gasteiger partial charge in [-0.25, -0.2) is 9.78 Å². The van der Waals surface area contributed by atoms with E-state index in [-0.39, 0.29) is 6.03 Å². The third kappa shape index (κ3) is 1.82. The Bertz CT molecular complexity index is 390. The minimum Gasteiger partial charge on any atom is -0.367 e. The summed E-state index contributed by atoms with van der Waals surface area (Å²) in [6.45, 7) is 0.514. The number of aromatic nitrogens is 3. The van der Waals surface area contributed by atoms with Crippen LogP contribution in [0.25, 0.3) is 0 Å². The van der Waals surface area contributed by atoms with Crippen LogP contribution in [0.4, 0.5) is 4.79 Å². The molecule has 2 aromatic rings. The zero-order valence-electron chi connectivity index (χ0n) is 7.47. The van der Waals surface area contributed by atoms with Gasteiger partial charge in [-0.15, -0.1) is 0 Å². The van der Waals surface area contributed by atoms with Crippen molar-refractivity contribution in [3.05, 3.63) is 42.7 Å². The molecule has 5 heteroatoms. The molecule has 0 aliphatic heterocycles. The van der Waals surface area contributed by atoms with E-state index in [1.54, 1.807) is 12.4 Å². The third-order valence-corrected chi connectivity index (χ3v) is 1.85. The second kappa shape index (κ2) is 3.78. The largest absolute Gasteiger partial charge is 0.367 e. The second-order valence-corrected chi connectivity index (χ2v) is 2.85. The highest BCUT2D eigenvalue weighted by atomic mass is 16.2. The molecule has 0 aliphatic rings. The maximum Gasteiger partial charge on any atom is 0.327 e. The van der Waals surface area contributed by atoms with Crippen molar-refractivity contribution < 1.29 is 4.79 Å². The van der Waals surface area contributed by atoms with Crippen molar-refractivity contribution in [2.24, 2.45) is 0 Å². The van der Waals surface area contributed by atoms with Crippen LogP contribution in [0, 0.1) is 0 Å². The number of aromatic amines is 1. The topological polar surface area (TPSA) is 62.7 Å². The maximum atomic E-state index is 11.4. The van der Waals surface area contributed by atoms with Gasteiger partial charge in [0.25, 0.3) is 0 Å². The Morgan fingerprint density at radius 2 is 2.57 bits per heavy atom. The lowest BCUT2D eigenvalue weighted by Gasteiger charge is -2.02. The van der Waals surface area contributed by atoms with Gasteiger partial charge in [0.05, 0.1) is 0 Å². The number of carbonyl (C=O) groups is 1. The third-order valence-electron chi connectivity index (χ3n) is 1.85. The number of amides is 1. The van der Waals surface area contributed by atoms with Crippen LogP contribution >= 0.6 is 0 Å². The molecule has 0 bridgehead atoms. The molecule has 1 amide bonds. The number of nitrogens with zero attached hydrogens (tertiary/aromatic N) is 2. The lowest BCUT2D eigenvalue weighted by atomic mass is 10.3. The lowest BCUT2D eigenvalue weighted by Crippen LogP contribution is -2.26. The molecule has 0 spiro atoms. The van der Waals surface area contributed by atoms with Gasteiger partial charge < -0.3 is 10.3 Å². The summed E-state index contributed by atoms with van der Waals surface area (Å²) in [6, 6.07) is 1.73. The van der Waals surface area contributed by atoms with Crippen LogP contribution in [0.15, 0.2) is 37.2 Å². The van der Waals surface area contributed by atoms with Crippen molar-refractivity contribution in [3.8, 4) is 0 Å². The van der Waals surface area contributed by atoms with Crippen LogP contribution in [-0.4, -0.2) is 20.6 Å². The van der Waals surface area contributed by atoms with Gasteiger partial charge in [-0.1, -0.05) is 0 Å². The fraction of sp³-hybridized carbons (Fsp3) is 0.111. The van der Waals surface area contributed by atoms with Crippen LogP contribution in [0.3, 0.4) is 0 Å². The van der Waals surface area contributed by atoms with E-state index in [0.717, 1.165) is 5.56 Å². The molecule has 72 valence electrons. The van der Waals surface area contributed by atoms with E-state index in [1.807, 2.05) is 18.5 Å². The Morgan fingerprint density at radius 1 is 1.64 bits per heavy atom. The monoisotopic (exact) mass is 190 g/mol. The molecule has 0 unspecified atom stereocenters. The highest BCUT2D eigenvalue weighted by Crippen LogP contribution is 1.95. The molecular formula is C9H10N4O. The SMILES string of the molecule is O=C(NCc1cc[nH]c1)n1ccnc1. The molecule has 0 radical (unpaired) electrons. The molecule has 2 rings (SSSR count). The van der Waals surface area contributed by atoms with Crippen molar-refractivity contribution in [1.82, 2.24) is 19.9 Å². The fourth-order valence-electron chi connectivity index (χ4n) is 1.12. The molecule has 0 atom stereocenters. The smallest absolute Gasteiger partial charge is 0.327 e.